The monoisotopic (exact) mass is 592 g/mol. The molecule has 2 aromatic carbocycles. The predicted octanol–water partition coefficient (Wildman–Crippen LogP) is 6.58. The van der Waals surface area contributed by atoms with Crippen molar-refractivity contribution in [3.8, 4) is 5.75 Å². The van der Waals surface area contributed by atoms with Gasteiger partial charge in [0.05, 0.1) is 4.47 Å². The number of nitrogens with one attached hydrogen (secondary N) is 1. The van der Waals surface area contributed by atoms with Crippen molar-refractivity contribution in [2.75, 3.05) is 6.61 Å². The molecule has 0 bridgehead atoms. The zero-order chi connectivity index (χ0) is 24.7. The van der Waals surface area contributed by atoms with Crippen LogP contribution < -0.4 is 10.1 Å². The first-order chi connectivity index (χ1) is 16.2. The number of ether oxygens (including phenoxy) is 1. The Morgan fingerprint density at radius 1 is 1.06 bits per heavy atom. The second-order valence-electron chi connectivity index (χ2n) is 9.30. The molecule has 184 valence electrons. The van der Waals surface area contributed by atoms with Gasteiger partial charge in [0.2, 0.25) is 5.91 Å². The third-order valence-corrected chi connectivity index (χ3v) is 7.45. The first-order valence-corrected chi connectivity index (χ1v) is 13.6. The number of rotatable bonds is 9. The van der Waals surface area contributed by atoms with Gasteiger partial charge in [-0.05, 0) is 77.0 Å². The standard InChI is InChI=1S/C27H34Br2N2O3/c1-18(2)21-12-13-25(24(29)15-21)34-17-26(32)31(16-20-8-7-9-22(28)14-20)19(3)27(33)30-23-10-5-4-6-11-23/h7-9,12-15,18-19,23H,4-6,10-11,16-17H2,1-3H3,(H,30,33)/t19-/m1/s1. The molecule has 2 aromatic rings. The summed E-state index contributed by atoms with van der Waals surface area (Å²) in [5.74, 6) is 0.666. The fourth-order valence-electron chi connectivity index (χ4n) is 4.20. The van der Waals surface area contributed by atoms with Crippen molar-refractivity contribution in [3.63, 3.8) is 0 Å². The predicted molar refractivity (Wildman–Crippen MR) is 143 cm³/mol. The third kappa shape index (κ3) is 7.57. The average Bonchev–Trinajstić information content (AvgIpc) is 2.81. The molecule has 1 atom stereocenters. The molecular formula is C27H34Br2N2O3. The molecule has 2 amide bonds. The fourth-order valence-corrected chi connectivity index (χ4v) is 5.16. The molecule has 1 saturated carbocycles. The normalized spacial score (nSPS) is 15.1. The number of nitrogens with zero attached hydrogens (tertiary/aromatic N) is 1. The summed E-state index contributed by atoms with van der Waals surface area (Å²) in [6, 6.07) is 13.3. The molecule has 0 aliphatic heterocycles. The molecule has 3 rings (SSSR count). The summed E-state index contributed by atoms with van der Waals surface area (Å²) >= 11 is 7.05. The van der Waals surface area contributed by atoms with E-state index in [4.69, 9.17) is 4.74 Å². The van der Waals surface area contributed by atoms with E-state index >= 15 is 0 Å². The minimum absolute atomic E-state index is 0.113. The van der Waals surface area contributed by atoms with Gasteiger partial charge in [-0.2, -0.15) is 0 Å². The number of benzene rings is 2. The number of carbonyl (C=O) groups excluding carboxylic acids is 2. The molecule has 1 aliphatic carbocycles. The number of hydrogen-bond donors (Lipinski definition) is 1. The van der Waals surface area contributed by atoms with Gasteiger partial charge in [0, 0.05) is 17.1 Å². The molecule has 1 fully saturated rings. The Bertz CT molecular complexity index is 990. The van der Waals surface area contributed by atoms with Gasteiger partial charge >= 0.3 is 0 Å². The summed E-state index contributed by atoms with van der Waals surface area (Å²) in [6.45, 7) is 6.24. The van der Waals surface area contributed by atoms with Gasteiger partial charge in [0.15, 0.2) is 6.61 Å². The average molecular weight is 594 g/mol. The Hall–Kier alpha value is -1.86. The lowest BCUT2D eigenvalue weighted by atomic mass is 9.95. The van der Waals surface area contributed by atoms with Gasteiger partial charge in [0.1, 0.15) is 11.8 Å². The summed E-state index contributed by atoms with van der Waals surface area (Å²) in [4.78, 5) is 28.0. The molecule has 1 N–H and O–H groups in total. The maximum Gasteiger partial charge on any atom is 0.261 e. The summed E-state index contributed by atoms with van der Waals surface area (Å²) < 4.78 is 7.62. The molecule has 7 heteroatoms. The minimum Gasteiger partial charge on any atom is -0.483 e. The molecule has 0 spiro atoms. The van der Waals surface area contributed by atoms with Crippen LogP contribution in [0.15, 0.2) is 51.4 Å². The summed E-state index contributed by atoms with van der Waals surface area (Å²) in [7, 11) is 0. The molecule has 0 radical (unpaired) electrons. The van der Waals surface area contributed by atoms with Crippen LogP contribution in [0.25, 0.3) is 0 Å². The number of hydrogen-bond acceptors (Lipinski definition) is 3. The molecule has 0 heterocycles. The summed E-state index contributed by atoms with van der Waals surface area (Å²) in [6.07, 6.45) is 5.50. The Morgan fingerprint density at radius 2 is 1.79 bits per heavy atom. The Balaban J connectivity index is 1.72. The zero-order valence-corrected chi connectivity index (χ0v) is 23.3. The van der Waals surface area contributed by atoms with E-state index in [1.165, 1.54) is 12.0 Å². The highest BCUT2D eigenvalue weighted by molar-refractivity contribution is 9.10. The fraction of sp³-hybridized carbons (Fsp3) is 0.481. The molecule has 1 aliphatic rings. The van der Waals surface area contributed by atoms with Crippen molar-refractivity contribution in [1.29, 1.82) is 0 Å². The Morgan fingerprint density at radius 3 is 2.44 bits per heavy atom. The SMILES string of the molecule is CC(C)c1ccc(OCC(=O)N(Cc2cccc(Br)c2)[C@H](C)C(=O)NC2CCCCC2)c(Br)c1. The maximum absolute atomic E-state index is 13.3. The Kier molecular flexibility index (Phi) is 10.0. The number of amides is 2. The highest BCUT2D eigenvalue weighted by Crippen LogP contribution is 2.29. The lowest BCUT2D eigenvalue weighted by Gasteiger charge is -2.31. The lowest BCUT2D eigenvalue weighted by Crippen LogP contribution is -2.51. The van der Waals surface area contributed by atoms with Gasteiger partial charge in [-0.15, -0.1) is 0 Å². The second kappa shape index (κ2) is 12.7. The van der Waals surface area contributed by atoms with Crippen LogP contribution in [0.1, 0.15) is 69.9 Å². The first kappa shape index (κ1) is 26.7. The highest BCUT2D eigenvalue weighted by Gasteiger charge is 2.28. The van der Waals surface area contributed by atoms with E-state index in [-0.39, 0.29) is 24.5 Å². The van der Waals surface area contributed by atoms with Gasteiger partial charge in [-0.3, -0.25) is 9.59 Å². The quantitative estimate of drug-likeness (QED) is 0.357. The van der Waals surface area contributed by atoms with E-state index in [1.807, 2.05) is 42.5 Å². The first-order valence-electron chi connectivity index (χ1n) is 12.0. The van der Waals surface area contributed by atoms with Crippen LogP contribution in [0.5, 0.6) is 5.75 Å². The van der Waals surface area contributed by atoms with Crippen LogP contribution in [0, 0.1) is 0 Å². The second-order valence-corrected chi connectivity index (χ2v) is 11.1. The third-order valence-electron chi connectivity index (χ3n) is 6.33. The highest BCUT2D eigenvalue weighted by atomic mass is 79.9. The summed E-state index contributed by atoms with van der Waals surface area (Å²) in [5, 5.41) is 3.16. The number of carbonyl (C=O) groups is 2. The zero-order valence-electron chi connectivity index (χ0n) is 20.2. The Labute approximate surface area is 219 Å². The molecule has 0 aromatic heterocycles. The van der Waals surface area contributed by atoms with Crippen molar-refractivity contribution < 1.29 is 14.3 Å². The molecule has 5 nitrogen and oxygen atoms in total. The van der Waals surface area contributed by atoms with E-state index in [2.05, 4.69) is 51.0 Å². The van der Waals surface area contributed by atoms with Crippen molar-refractivity contribution >= 4 is 43.7 Å². The van der Waals surface area contributed by atoms with Crippen LogP contribution in [0.2, 0.25) is 0 Å². The van der Waals surface area contributed by atoms with Gasteiger partial charge in [-0.25, -0.2) is 0 Å². The van der Waals surface area contributed by atoms with Gasteiger partial charge < -0.3 is 15.0 Å². The molecule has 0 unspecified atom stereocenters. The van der Waals surface area contributed by atoms with E-state index in [1.54, 1.807) is 11.8 Å². The van der Waals surface area contributed by atoms with Crippen LogP contribution >= 0.6 is 31.9 Å². The van der Waals surface area contributed by atoms with Crippen LogP contribution in [0.3, 0.4) is 0 Å². The van der Waals surface area contributed by atoms with Crippen LogP contribution in [-0.4, -0.2) is 35.4 Å². The van der Waals surface area contributed by atoms with Crippen molar-refractivity contribution in [2.45, 2.75) is 77.4 Å². The lowest BCUT2D eigenvalue weighted by molar-refractivity contribution is -0.142. The van der Waals surface area contributed by atoms with Crippen molar-refractivity contribution in [1.82, 2.24) is 10.2 Å². The van der Waals surface area contributed by atoms with Gasteiger partial charge in [0.25, 0.3) is 5.91 Å². The topological polar surface area (TPSA) is 58.6 Å². The maximum atomic E-state index is 13.3. The van der Waals surface area contributed by atoms with Crippen LogP contribution in [-0.2, 0) is 16.1 Å². The molecular weight excluding hydrogens is 560 g/mol. The largest absolute Gasteiger partial charge is 0.483 e. The molecule has 34 heavy (non-hydrogen) atoms. The van der Waals surface area contributed by atoms with E-state index in [0.29, 0.717) is 18.2 Å². The van der Waals surface area contributed by atoms with E-state index < -0.39 is 6.04 Å². The number of halogens is 2. The van der Waals surface area contributed by atoms with Crippen LogP contribution in [0.4, 0.5) is 0 Å². The minimum atomic E-state index is -0.608. The van der Waals surface area contributed by atoms with Crippen molar-refractivity contribution in [3.05, 3.63) is 62.5 Å². The van der Waals surface area contributed by atoms with E-state index in [9.17, 15) is 9.59 Å². The smallest absolute Gasteiger partial charge is 0.261 e. The van der Waals surface area contributed by atoms with Crippen molar-refractivity contribution in [2.24, 2.45) is 0 Å². The molecule has 0 saturated heterocycles. The summed E-state index contributed by atoms with van der Waals surface area (Å²) in [5.41, 5.74) is 2.14. The van der Waals surface area contributed by atoms with Gasteiger partial charge in [-0.1, -0.05) is 67.2 Å². The van der Waals surface area contributed by atoms with E-state index in [0.717, 1.165) is 40.2 Å².